The smallest absolute Gasteiger partial charge is 0.375 e. The molecule has 1 aromatic heterocycles. The summed E-state index contributed by atoms with van der Waals surface area (Å²) in [6.45, 7) is 15.8. The first-order valence-electron chi connectivity index (χ1n) is 7.23. The summed E-state index contributed by atoms with van der Waals surface area (Å²) in [7, 11) is -3.06. The molecule has 0 saturated heterocycles. The van der Waals surface area contributed by atoms with Crippen LogP contribution in [0.3, 0.4) is 0 Å². The molecule has 0 fully saturated rings. The molecule has 0 spiro atoms. The van der Waals surface area contributed by atoms with E-state index in [1.54, 1.807) is 13.0 Å². The second kappa shape index (κ2) is 6.20. The third kappa shape index (κ3) is 4.08. The van der Waals surface area contributed by atoms with Crippen LogP contribution in [0, 0.1) is 11.3 Å². The van der Waals surface area contributed by atoms with Gasteiger partial charge in [-0.3, -0.25) is 0 Å². The molecule has 0 amide bonds. The van der Waals surface area contributed by atoms with Crippen LogP contribution in [0.2, 0.25) is 39.3 Å². The van der Waals surface area contributed by atoms with Crippen LogP contribution in [0.4, 0.5) is 0 Å². The fourth-order valence-corrected chi connectivity index (χ4v) is 15.5. The summed E-state index contributed by atoms with van der Waals surface area (Å²) in [5.74, 6) is 0.286. The first-order chi connectivity index (χ1) is 9.52. The van der Waals surface area contributed by atoms with Crippen molar-refractivity contribution >= 4 is 22.1 Å². The Morgan fingerprint density at radius 3 is 2.19 bits per heavy atom. The molecule has 4 nitrogen and oxygen atoms in total. The monoisotopic (exact) mass is 323 g/mol. The quantitative estimate of drug-likeness (QED) is 0.602. The van der Waals surface area contributed by atoms with E-state index in [-0.39, 0.29) is 17.9 Å². The summed E-state index contributed by atoms with van der Waals surface area (Å²) in [4.78, 5) is 11.9. The Bertz CT molecular complexity index is 545. The zero-order chi connectivity index (χ0) is 16.4. The van der Waals surface area contributed by atoms with Gasteiger partial charge in [0.2, 0.25) is 5.76 Å². The van der Waals surface area contributed by atoms with Gasteiger partial charge in [-0.2, -0.15) is 5.26 Å². The lowest BCUT2D eigenvalue weighted by molar-refractivity contribution is 0.0487. The summed E-state index contributed by atoms with van der Waals surface area (Å²) in [5.41, 5.74) is 0.282. The summed E-state index contributed by atoms with van der Waals surface area (Å²) in [5, 5.41) is 9.59. The molecule has 0 aliphatic rings. The number of esters is 1. The van der Waals surface area contributed by atoms with Gasteiger partial charge < -0.3 is 9.15 Å². The maximum absolute atomic E-state index is 11.9. The molecular weight excluding hydrogens is 298 g/mol. The average molecular weight is 324 g/mol. The highest BCUT2D eigenvalue weighted by Gasteiger charge is 2.41. The summed E-state index contributed by atoms with van der Waals surface area (Å²) >= 11 is 0. The van der Waals surface area contributed by atoms with E-state index in [9.17, 15) is 10.1 Å². The van der Waals surface area contributed by atoms with Gasteiger partial charge >= 0.3 is 5.97 Å². The highest BCUT2D eigenvalue weighted by Crippen LogP contribution is 2.37. The molecule has 0 atom stereocenters. The van der Waals surface area contributed by atoms with Crippen LogP contribution in [0.1, 0.15) is 34.0 Å². The molecule has 0 saturated carbocycles. The van der Waals surface area contributed by atoms with Crippen molar-refractivity contribution in [3.8, 4) is 6.07 Å². The van der Waals surface area contributed by atoms with Crippen molar-refractivity contribution in [2.45, 2.75) is 51.4 Å². The van der Waals surface area contributed by atoms with Crippen LogP contribution < -0.4 is 0 Å². The Balaban J connectivity index is 3.37. The van der Waals surface area contributed by atoms with Gasteiger partial charge in [-0.25, -0.2) is 4.79 Å². The number of hydrogen-bond acceptors (Lipinski definition) is 4. The highest BCUT2D eigenvalue weighted by molar-refractivity contribution is 6.96. The SMILES string of the molecule is CCOC(=O)c1oc(C([Si](C)(C)C)[Si](C)(C)C)cc1C#N. The number of nitrogens with zero attached hydrogens (tertiary/aromatic N) is 1. The van der Waals surface area contributed by atoms with Gasteiger partial charge in [-0.05, 0) is 13.0 Å². The van der Waals surface area contributed by atoms with Crippen LogP contribution in [0.15, 0.2) is 10.5 Å². The second-order valence-electron chi connectivity index (χ2n) is 7.39. The zero-order valence-corrected chi connectivity index (χ0v) is 16.0. The number of carbonyl (C=O) groups excluding carboxylic acids is 1. The van der Waals surface area contributed by atoms with Crippen LogP contribution >= 0.6 is 0 Å². The molecule has 21 heavy (non-hydrogen) atoms. The highest BCUT2D eigenvalue weighted by atomic mass is 28.4. The predicted octanol–water partition coefficient (Wildman–Crippen LogP) is 4.17. The van der Waals surface area contributed by atoms with Crippen molar-refractivity contribution in [3.05, 3.63) is 23.2 Å². The fraction of sp³-hybridized carbons (Fsp3) is 0.600. The Labute approximate surface area is 129 Å². The first-order valence-corrected chi connectivity index (χ1v) is 14.4. The number of hydrogen-bond donors (Lipinski definition) is 0. The molecule has 0 unspecified atom stereocenters. The third-order valence-electron chi connectivity index (χ3n) is 3.35. The van der Waals surface area contributed by atoms with Crippen molar-refractivity contribution in [3.63, 3.8) is 0 Å². The molecule has 0 bridgehead atoms. The van der Waals surface area contributed by atoms with E-state index in [0.29, 0.717) is 5.16 Å². The zero-order valence-electron chi connectivity index (χ0n) is 14.0. The topological polar surface area (TPSA) is 63.2 Å². The molecule has 1 rings (SSSR count). The van der Waals surface area contributed by atoms with Gasteiger partial charge in [-0.15, -0.1) is 0 Å². The van der Waals surface area contributed by atoms with Gasteiger partial charge in [0.25, 0.3) is 0 Å². The number of ether oxygens (including phenoxy) is 1. The Kier molecular flexibility index (Phi) is 5.23. The van der Waals surface area contributed by atoms with Crippen LogP contribution in [-0.2, 0) is 4.74 Å². The molecule has 0 radical (unpaired) electrons. The lowest BCUT2D eigenvalue weighted by Crippen LogP contribution is -2.46. The fourth-order valence-electron chi connectivity index (χ4n) is 3.14. The van der Waals surface area contributed by atoms with Gasteiger partial charge in [0, 0.05) is 5.16 Å². The normalized spacial score (nSPS) is 12.3. The molecule has 1 aromatic rings. The summed E-state index contributed by atoms with van der Waals surface area (Å²) in [6.07, 6.45) is 0. The minimum absolute atomic E-state index is 0.0517. The molecule has 6 heteroatoms. The largest absolute Gasteiger partial charge is 0.460 e. The van der Waals surface area contributed by atoms with E-state index in [0.717, 1.165) is 5.76 Å². The van der Waals surface area contributed by atoms with Crippen molar-refractivity contribution in [2.75, 3.05) is 6.61 Å². The number of carbonyl (C=O) groups is 1. The predicted molar refractivity (Wildman–Crippen MR) is 88.8 cm³/mol. The van der Waals surface area contributed by atoms with Crippen molar-refractivity contribution in [2.24, 2.45) is 0 Å². The molecule has 1 heterocycles. The minimum atomic E-state index is -1.53. The molecular formula is C15H25NO3Si2. The van der Waals surface area contributed by atoms with Crippen LogP contribution in [0.5, 0.6) is 0 Å². The van der Waals surface area contributed by atoms with Gasteiger partial charge in [-0.1, -0.05) is 39.3 Å². The lowest BCUT2D eigenvalue weighted by atomic mass is 10.2. The minimum Gasteiger partial charge on any atom is -0.460 e. The van der Waals surface area contributed by atoms with Crippen LogP contribution in [0.25, 0.3) is 0 Å². The van der Waals surface area contributed by atoms with Gasteiger partial charge in [0.15, 0.2) is 0 Å². The number of nitriles is 1. The Hall–Kier alpha value is -1.33. The van der Waals surface area contributed by atoms with Crippen LogP contribution in [-0.4, -0.2) is 28.7 Å². The van der Waals surface area contributed by atoms with Gasteiger partial charge in [0.05, 0.1) is 22.8 Å². The maximum atomic E-state index is 11.9. The van der Waals surface area contributed by atoms with E-state index in [4.69, 9.17) is 9.15 Å². The standard InChI is InChI=1S/C15H25NO3Si2/c1-8-18-14(17)13-11(10-16)9-12(19-13)15(20(2,3)4)21(5,6)7/h9,15H,8H2,1-7H3. The molecule has 116 valence electrons. The molecule has 0 aliphatic carbocycles. The van der Waals surface area contributed by atoms with E-state index in [2.05, 4.69) is 39.3 Å². The Morgan fingerprint density at radius 2 is 1.81 bits per heavy atom. The molecule has 0 N–H and O–H groups in total. The number of rotatable bonds is 5. The van der Waals surface area contributed by atoms with E-state index in [1.165, 1.54) is 0 Å². The lowest BCUT2D eigenvalue weighted by Gasteiger charge is -2.36. The van der Waals surface area contributed by atoms with Crippen molar-refractivity contribution < 1.29 is 13.9 Å². The first kappa shape index (κ1) is 17.7. The van der Waals surface area contributed by atoms with Gasteiger partial charge in [0.1, 0.15) is 17.4 Å². The summed E-state index contributed by atoms with van der Waals surface area (Å²) < 4.78 is 10.8. The van der Waals surface area contributed by atoms with E-state index < -0.39 is 22.1 Å². The van der Waals surface area contributed by atoms with E-state index >= 15 is 0 Å². The summed E-state index contributed by atoms with van der Waals surface area (Å²) in [6, 6.07) is 3.79. The van der Waals surface area contributed by atoms with Crippen molar-refractivity contribution in [1.82, 2.24) is 0 Å². The second-order valence-corrected chi connectivity index (χ2v) is 18.6. The Morgan fingerprint density at radius 1 is 1.29 bits per heavy atom. The van der Waals surface area contributed by atoms with Crippen molar-refractivity contribution in [1.29, 1.82) is 5.26 Å². The average Bonchev–Trinajstić information content (AvgIpc) is 2.68. The number of furan rings is 1. The molecule has 0 aromatic carbocycles. The molecule has 0 aliphatic heterocycles. The maximum Gasteiger partial charge on any atom is 0.375 e. The third-order valence-corrected chi connectivity index (χ3v) is 12.6. The van der Waals surface area contributed by atoms with E-state index in [1.807, 2.05) is 6.07 Å².